The fraction of sp³-hybridized carbons (Fsp3) is 0.286. The minimum Gasteiger partial charge on any atom is -0.275 e. The Bertz CT molecular complexity index is 404. The molecule has 0 aliphatic carbocycles. The van der Waals surface area contributed by atoms with Crippen LogP contribution in [-0.2, 0) is 12.9 Å². The molecule has 0 aliphatic rings. The number of aromatic amines is 1. The van der Waals surface area contributed by atoms with Gasteiger partial charge in [0.2, 0.25) is 0 Å². The second-order valence-electron chi connectivity index (χ2n) is 2.64. The SMILES string of the molecule is Cn1cc(-c2n[nH]c(CCl)n2)cn1. The summed E-state index contributed by atoms with van der Waals surface area (Å²) < 4.78 is 1.70. The predicted molar refractivity (Wildman–Crippen MR) is 48.1 cm³/mol. The van der Waals surface area contributed by atoms with Gasteiger partial charge in [-0.1, -0.05) is 0 Å². The molecule has 0 atom stereocenters. The highest BCUT2D eigenvalue weighted by Crippen LogP contribution is 2.12. The summed E-state index contributed by atoms with van der Waals surface area (Å²) >= 11 is 5.58. The summed E-state index contributed by atoms with van der Waals surface area (Å²) in [6.45, 7) is 0. The summed E-state index contributed by atoms with van der Waals surface area (Å²) in [6.07, 6.45) is 3.56. The molecule has 1 N–H and O–H groups in total. The van der Waals surface area contributed by atoms with E-state index in [2.05, 4.69) is 20.3 Å². The number of H-pyrrole nitrogens is 1. The van der Waals surface area contributed by atoms with E-state index in [1.165, 1.54) is 0 Å². The highest BCUT2D eigenvalue weighted by Gasteiger charge is 2.06. The quantitative estimate of drug-likeness (QED) is 0.730. The highest BCUT2D eigenvalue weighted by molar-refractivity contribution is 6.16. The van der Waals surface area contributed by atoms with Gasteiger partial charge in [-0.3, -0.25) is 9.78 Å². The second-order valence-corrected chi connectivity index (χ2v) is 2.91. The number of nitrogens with one attached hydrogen (secondary N) is 1. The van der Waals surface area contributed by atoms with Crippen molar-refractivity contribution in [1.82, 2.24) is 25.0 Å². The molecule has 0 bridgehead atoms. The maximum atomic E-state index is 5.58. The van der Waals surface area contributed by atoms with E-state index < -0.39 is 0 Å². The molecule has 0 fully saturated rings. The molecule has 0 aliphatic heterocycles. The van der Waals surface area contributed by atoms with E-state index in [1.807, 2.05) is 13.2 Å². The predicted octanol–water partition coefficient (Wildman–Crippen LogP) is 0.944. The third kappa shape index (κ3) is 1.55. The van der Waals surface area contributed by atoms with Crippen LogP contribution < -0.4 is 0 Å². The zero-order chi connectivity index (χ0) is 9.26. The lowest BCUT2D eigenvalue weighted by atomic mass is 10.3. The Morgan fingerprint density at radius 2 is 2.46 bits per heavy atom. The normalized spacial score (nSPS) is 10.6. The first-order valence-corrected chi connectivity index (χ1v) is 4.29. The largest absolute Gasteiger partial charge is 0.275 e. The first-order chi connectivity index (χ1) is 6.29. The van der Waals surface area contributed by atoms with Crippen LogP contribution in [-0.4, -0.2) is 25.0 Å². The molecule has 6 heteroatoms. The zero-order valence-electron chi connectivity index (χ0n) is 7.03. The summed E-state index contributed by atoms with van der Waals surface area (Å²) in [5, 5.41) is 10.7. The third-order valence-corrected chi connectivity index (χ3v) is 1.87. The second kappa shape index (κ2) is 3.18. The van der Waals surface area contributed by atoms with Gasteiger partial charge in [-0.05, 0) is 0 Å². The Morgan fingerprint density at radius 1 is 1.62 bits per heavy atom. The fourth-order valence-electron chi connectivity index (χ4n) is 1.02. The molecule has 0 saturated heterocycles. The molecule has 2 heterocycles. The number of hydrogen-bond acceptors (Lipinski definition) is 3. The van der Waals surface area contributed by atoms with Gasteiger partial charge in [-0.2, -0.15) is 10.2 Å². The number of alkyl halides is 1. The van der Waals surface area contributed by atoms with Gasteiger partial charge in [0.1, 0.15) is 5.82 Å². The van der Waals surface area contributed by atoms with E-state index >= 15 is 0 Å². The van der Waals surface area contributed by atoms with Gasteiger partial charge in [0.05, 0.1) is 17.6 Å². The molecule has 0 aromatic carbocycles. The van der Waals surface area contributed by atoms with Crippen LogP contribution in [0.4, 0.5) is 0 Å². The molecule has 0 spiro atoms. The maximum Gasteiger partial charge on any atom is 0.184 e. The van der Waals surface area contributed by atoms with Gasteiger partial charge in [0.25, 0.3) is 0 Å². The summed E-state index contributed by atoms with van der Waals surface area (Å²) in [6, 6.07) is 0. The van der Waals surface area contributed by atoms with E-state index in [1.54, 1.807) is 10.9 Å². The van der Waals surface area contributed by atoms with E-state index in [0.717, 1.165) is 5.56 Å². The van der Waals surface area contributed by atoms with Crippen LogP contribution in [0.25, 0.3) is 11.4 Å². The molecule has 13 heavy (non-hydrogen) atoms. The highest BCUT2D eigenvalue weighted by atomic mass is 35.5. The van der Waals surface area contributed by atoms with Crippen molar-refractivity contribution < 1.29 is 0 Å². The first-order valence-electron chi connectivity index (χ1n) is 3.76. The fourth-order valence-corrected chi connectivity index (χ4v) is 1.14. The Balaban J connectivity index is 2.35. The lowest BCUT2D eigenvalue weighted by Gasteiger charge is -1.84. The smallest absolute Gasteiger partial charge is 0.184 e. The van der Waals surface area contributed by atoms with Gasteiger partial charge in [-0.25, -0.2) is 4.98 Å². The first kappa shape index (κ1) is 8.25. The van der Waals surface area contributed by atoms with Crippen molar-refractivity contribution in [3.05, 3.63) is 18.2 Å². The van der Waals surface area contributed by atoms with Crippen LogP contribution in [0.15, 0.2) is 12.4 Å². The molecule has 0 unspecified atom stereocenters. The lowest BCUT2D eigenvalue weighted by Crippen LogP contribution is -1.84. The third-order valence-electron chi connectivity index (χ3n) is 1.62. The van der Waals surface area contributed by atoms with Crippen LogP contribution in [0.3, 0.4) is 0 Å². The van der Waals surface area contributed by atoms with Crippen molar-refractivity contribution in [2.45, 2.75) is 5.88 Å². The van der Waals surface area contributed by atoms with E-state index in [0.29, 0.717) is 17.5 Å². The molecule has 2 rings (SSSR count). The van der Waals surface area contributed by atoms with Crippen LogP contribution in [0, 0.1) is 0 Å². The van der Waals surface area contributed by atoms with E-state index in [-0.39, 0.29) is 0 Å². The van der Waals surface area contributed by atoms with Crippen molar-refractivity contribution in [3.8, 4) is 11.4 Å². The molecule has 0 saturated carbocycles. The molecule has 2 aromatic rings. The lowest BCUT2D eigenvalue weighted by molar-refractivity contribution is 0.768. The average molecular weight is 198 g/mol. The number of hydrogen-bond donors (Lipinski definition) is 1. The van der Waals surface area contributed by atoms with Crippen molar-refractivity contribution >= 4 is 11.6 Å². The van der Waals surface area contributed by atoms with Crippen LogP contribution in [0.2, 0.25) is 0 Å². The minimum atomic E-state index is 0.341. The molecule has 0 amide bonds. The van der Waals surface area contributed by atoms with Gasteiger partial charge in [0, 0.05) is 13.2 Å². The summed E-state index contributed by atoms with van der Waals surface area (Å²) in [5.74, 6) is 1.64. The standard InChI is InChI=1S/C7H8ClN5/c1-13-4-5(3-9-13)7-10-6(2-8)11-12-7/h3-4H,2H2,1H3,(H,10,11,12). The maximum absolute atomic E-state index is 5.58. The van der Waals surface area contributed by atoms with Crippen LogP contribution in [0.5, 0.6) is 0 Å². The topological polar surface area (TPSA) is 59.4 Å². The Labute approximate surface area is 79.7 Å². The molecule has 0 radical (unpaired) electrons. The number of aryl methyl sites for hydroxylation is 1. The Kier molecular flexibility index (Phi) is 2.02. The minimum absolute atomic E-state index is 0.341. The summed E-state index contributed by atoms with van der Waals surface area (Å²) in [4.78, 5) is 4.16. The molecule has 2 aromatic heterocycles. The Morgan fingerprint density at radius 3 is 3.00 bits per heavy atom. The van der Waals surface area contributed by atoms with Gasteiger partial charge in [-0.15, -0.1) is 11.6 Å². The van der Waals surface area contributed by atoms with Gasteiger partial charge < -0.3 is 0 Å². The summed E-state index contributed by atoms with van der Waals surface area (Å²) in [7, 11) is 1.85. The molecule has 5 nitrogen and oxygen atoms in total. The van der Waals surface area contributed by atoms with Crippen LogP contribution >= 0.6 is 11.6 Å². The molecular formula is C7H8ClN5. The van der Waals surface area contributed by atoms with Crippen molar-refractivity contribution in [3.63, 3.8) is 0 Å². The van der Waals surface area contributed by atoms with Crippen LogP contribution in [0.1, 0.15) is 5.82 Å². The monoisotopic (exact) mass is 197 g/mol. The number of halogens is 1. The van der Waals surface area contributed by atoms with Gasteiger partial charge in [0.15, 0.2) is 5.82 Å². The van der Waals surface area contributed by atoms with Gasteiger partial charge >= 0.3 is 0 Å². The van der Waals surface area contributed by atoms with Crippen molar-refractivity contribution in [2.75, 3.05) is 0 Å². The number of aromatic nitrogens is 5. The van der Waals surface area contributed by atoms with Crippen molar-refractivity contribution in [2.24, 2.45) is 7.05 Å². The summed E-state index contributed by atoms with van der Waals surface area (Å²) in [5.41, 5.74) is 0.884. The average Bonchev–Trinajstić information content (AvgIpc) is 2.71. The molecular weight excluding hydrogens is 190 g/mol. The number of rotatable bonds is 2. The zero-order valence-corrected chi connectivity index (χ0v) is 7.78. The van der Waals surface area contributed by atoms with Crippen molar-refractivity contribution in [1.29, 1.82) is 0 Å². The Hall–Kier alpha value is -1.36. The number of nitrogens with zero attached hydrogens (tertiary/aromatic N) is 4. The van der Waals surface area contributed by atoms with E-state index in [9.17, 15) is 0 Å². The molecule has 68 valence electrons. The van der Waals surface area contributed by atoms with E-state index in [4.69, 9.17) is 11.6 Å².